The summed E-state index contributed by atoms with van der Waals surface area (Å²) >= 11 is 0. The molecule has 1 amide bonds. The highest BCUT2D eigenvalue weighted by atomic mass is 16.5. The number of pyridine rings is 1. The largest absolute Gasteiger partial charge is 0.497 e. The van der Waals surface area contributed by atoms with Crippen LogP contribution < -0.4 is 15.2 Å². The quantitative estimate of drug-likeness (QED) is 0.470. The van der Waals surface area contributed by atoms with E-state index in [1.54, 1.807) is 20.3 Å². The molecule has 0 saturated heterocycles. The van der Waals surface area contributed by atoms with Crippen LogP contribution in [0.5, 0.6) is 11.5 Å². The van der Waals surface area contributed by atoms with E-state index in [0.29, 0.717) is 41.3 Å². The van der Waals surface area contributed by atoms with Gasteiger partial charge in [-0.3, -0.25) is 4.79 Å². The van der Waals surface area contributed by atoms with Gasteiger partial charge in [0.1, 0.15) is 18.1 Å². The molecule has 0 unspecified atom stereocenters. The molecule has 2 aromatic heterocycles. The number of H-pyrrole nitrogens is 1. The first-order valence-corrected chi connectivity index (χ1v) is 9.13. The molecule has 3 N–H and O–H groups in total. The number of nitrogens with two attached hydrogens (primary N) is 1. The van der Waals surface area contributed by atoms with Gasteiger partial charge in [0.15, 0.2) is 0 Å². The number of aromatic nitrogens is 2. The predicted octanol–water partition coefficient (Wildman–Crippen LogP) is 3.52. The Kier molecular flexibility index (Phi) is 5.05. The molecule has 0 aliphatic carbocycles. The zero-order chi connectivity index (χ0) is 20.4. The Morgan fingerprint density at radius 2 is 1.79 bits per heavy atom. The third-order valence-electron chi connectivity index (χ3n) is 4.73. The zero-order valence-electron chi connectivity index (χ0n) is 16.2. The number of methoxy groups -OCH3 is 2. The van der Waals surface area contributed by atoms with E-state index in [4.69, 9.17) is 24.9 Å². The number of primary amides is 1. The Bertz CT molecular complexity index is 1180. The van der Waals surface area contributed by atoms with Gasteiger partial charge >= 0.3 is 0 Å². The second kappa shape index (κ2) is 7.81. The number of fused-ring (bicyclic) bond motifs is 3. The molecule has 0 aliphatic heterocycles. The fourth-order valence-electron chi connectivity index (χ4n) is 3.27. The van der Waals surface area contributed by atoms with Crippen LogP contribution in [0, 0.1) is 0 Å². The van der Waals surface area contributed by atoms with Crippen LogP contribution in [0.25, 0.3) is 33.2 Å². The van der Waals surface area contributed by atoms with Crippen molar-refractivity contribution in [1.82, 2.24) is 9.97 Å². The van der Waals surface area contributed by atoms with Crippen molar-refractivity contribution in [2.45, 2.75) is 0 Å². The molecule has 148 valence electrons. The Labute approximate surface area is 167 Å². The summed E-state index contributed by atoms with van der Waals surface area (Å²) in [7, 11) is 3.24. The summed E-state index contributed by atoms with van der Waals surface area (Å²) in [5.41, 5.74) is 9.69. The number of benzene rings is 2. The molecular weight excluding hydrogens is 370 g/mol. The molecule has 4 rings (SSSR count). The maximum absolute atomic E-state index is 12.1. The lowest BCUT2D eigenvalue weighted by Gasteiger charge is -2.06. The standard InChI is InChI=1S/C22H21N3O4/c1-27-9-10-29-15-7-8-16-19(11-15)25-21-17(22(23)26)12-18(24-20(16)21)13-3-5-14(28-2)6-4-13/h3-8,11-12,25H,9-10H2,1-2H3,(H2,23,26). The second-order valence-corrected chi connectivity index (χ2v) is 6.55. The minimum Gasteiger partial charge on any atom is -0.497 e. The molecule has 29 heavy (non-hydrogen) atoms. The van der Waals surface area contributed by atoms with Crippen LogP contribution in [-0.4, -0.2) is 43.3 Å². The van der Waals surface area contributed by atoms with E-state index in [9.17, 15) is 4.79 Å². The number of aromatic amines is 1. The highest BCUT2D eigenvalue weighted by Crippen LogP contribution is 2.32. The first-order chi connectivity index (χ1) is 14.1. The molecule has 0 spiro atoms. The fraction of sp³-hybridized carbons (Fsp3) is 0.182. The molecule has 7 heteroatoms. The minimum atomic E-state index is -0.518. The van der Waals surface area contributed by atoms with Gasteiger partial charge in [0.2, 0.25) is 0 Å². The predicted molar refractivity (Wildman–Crippen MR) is 111 cm³/mol. The third-order valence-corrected chi connectivity index (χ3v) is 4.73. The molecule has 0 bridgehead atoms. The lowest BCUT2D eigenvalue weighted by Crippen LogP contribution is -2.12. The van der Waals surface area contributed by atoms with Gasteiger partial charge in [-0.2, -0.15) is 0 Å². The summed E-state index contributed by atoms with van der Waals surface area (Å²) in [6.45, 7) is 0.956. The van der Waals surface area contributed by atoms with Gasteiger partial charge in [0.25, 0.3) is 5.91 Å². The van der Waals surface area contributed by atoms with Crippen molar-refractivity contribution in [3.63, 3.8) is 0 Å². The average molecular weight is 391 g/mol. The highest BCUT2D eigenvalue weighted by molar-refractivity contribution is 6.14. The van der Waals surface area contributed by atoms with Crippen molar-refractivity contribution in [1.29, 1.82) is 0 Å². The van der Waals surface area contributed by atoms with Gasteiger partial charge < -0.3 is 24.9 Å². The summed E-state index contributed by atoms with van der Waals surface area (Å²) in [5.74, 6) is 0.936. The van der Waals surface area contributed by atoms with Crippen molar-refractivity contribution in [3.05, 3.63) is 54.1 Å². The van der Waals surface area contributed by atoms with E-state index >= 15 is 0 Å². The van der Waals surface area contributed by atoms with E-state index in [1.165, 1.54) is 0 Å². The van der Waals surface area contributed by atoms with Gasteiger partial charge in [-0.1, -0.05) is 0 Å². The SMILES string of the molecule is COCCOc1ccc2c(c1)[nH]c1c(C(N)=O)cc(-c3ccc(OC)cc3)nc12. The van der Waals surface area contributed by atoms with Gasteiger partial charge in [0.05, 0.1) is 41.5 Å². The maximum Gasteiger partial charge on any atom is 0.250 e. The molecule has 0 atom stereocenters. The maximum atomic E-state index is 12.1. The Morgan fingerprint density at radius 1 is 1.03 bits per heavy atom. The van der Waals surface area contributed by atoms with Crippen LogP contribution in [0.15, 0.2) is 48.5 Å². The summed E-state index contributed by atoms with van der Waals surface area (Å²) in [6.07, 6.45) is 0. The summed E-state index contributed by atoms with van der Waals surface area (Å²) < 4.78 is 15.9. The van der Waals surface area contributed by atoms with Gasteiger partial charge in [-0.05, 0) is 42.5 Å². The van der Waals surface area contributed by atoms with Crippen molar-refractivity contribution in [2.75, 3.05) is 27.4 Å². The number of carbonyl (C=O) groups is 1. The lowest BCUT2D eigenvalue weighted by atomic mass is 10.1. The van der Waals surface area contributed by atoms with Gasteiger partial charge in [-0.15, -0.1) is 0 Å². The second-order valence-electron chi connectivity index (χ2n) is 6.55. The number of amides is 1. The average Bonchev–Trinajstić information content (AvgIpc) is 3.11. The number of hydrogen-bond donors (Lipinski definition) is 2. The lowest BCUT2D eigenvalue weighted by molar-refractivity contribution is 0.100. The van der Waals surface area contributed by atoms with E-state index in [-0.39, 0.29) is 0 Å². The number of nitrogens with one attached hydrogen (secondary N) is 1. The Morgan fingerprint density at radius 3 is 2.48 bits per heavy atom. The molecule has 0 radical (unpaired) electrons. The molecule has 0 saturated carbocycles. The monoisotopic (exact) mass is 391 g/mol. The molecule has 7 nitrogen and oxygen atoms in total. The first kappa shape index (κ1) is 18.8. The fourth-order valence-corrected chi connectivity index (χ4v) is 3.27. The van der Waals surface area contributed by atoms with E-state index < -0.39 is 5.91 Å². The summed E-state index contributed by atoms with van der Waals surface area (Å²) in [5, 5.41) is 0.886. The number of nitrogens with zero attached hydrogens (tertiary/aromatic N) is 1. The Balaban J connectivity index is 1.84. The van der Waals surface area contributed by atoms with Gasteiger partial charge in [0, 0.05) is 24.1 Å². The van der Waals surface area contributed by atoms with Crippen LogP contribution in [-0.2, 0) is 4.74 Å². The topological polar surface area (TPSA) is 99.5 Å². The van der Waals surface area contributed by atoms with E-state index in [1.807, 2.05) is 42.5 Å². The van der Waals surface area contributed by atoms with Crippen LogP contribution in [0.4, 0.5) is 0 Å². The smallest absolute Gasteiger partial charge is 0.250 e. The molecular formula is C22H21N3O4. The van der Waals surface area contributed by atoms with Crippen LogP contribution in [0.2, 0.25) is 0 Å². The normalized spacial score (nSPS) is 11.1. The summed E-state index contributed by atoms with van der Waals surface area (Å²) in [6, 6.07) is 14.9. The summed E-state index contributed by atoms with van der Waals surface area (Å²) in [4.78, 5) is 20.2. The minimum absolute atomic E-state index is 0.388. The molecule has 4 aromatic rings. The Hall–Kier alpha value is -3.58. The van der Waals surface area contributed by atoms with Crippen LogP contribution >= 0.6 is 0 Å². The molecule has 0 fully saturated rings. The van der Waals surface area contributed by atoms with E-state index in [0.717, 1.165) is 22.2 Å². The van der Waals surface area contributed by atoms with Gasteiger partial charge in [-0.25, -0.2) is 4.98 Å². The molecule has 2 heterocycles. The van der Waals surface area contributed by atoms with Crippen molar-refractivity contribution in [2.24, 2.45) is 5.73 Å². The van der Waals surface area contributed by atoms with Crippen molar-refractivity contribution >= 4 is 27.8 Å². The number of carbonyl (C=O) groups excluding carboxylic acids is 1. The molecule has 0 aliphatic rings. The number of ether oxygens (including phenoxy) is 3. The highest BCUT2D eigenvalue weighted by Gasteiger charge is 2.16. The number of hydrogen-bond acceptors (Lipinski definition) is 5. The first-order valence-electron chi connectivity index (χ1n) is 9.13. The number of rotatable bonds is 7. The van der Waals surface area contributed by atoms with Crippen LogP contribution in [0.1, 0.15) is 10.4 Å². The zero-order valence-corrected chi connectivity index (χ0v) is 16.2. The third kappa shape index (κ3) is 3.60. The van der Waals surface area contributed by atoms with Crippen LogP contribution in [0.3, 0.4) is 0 Å². The van der Waals surface area contributed by atoms with E-state index in [2.05, 4.69) is 4.98 Å². The van der Waals surface area contributed by atoms with Crippen molar-refractivity contribution in [3.8, 4) is 22.8 Å². The van der Waals surface area contributed by atoms with Crippen molar-refractivity contribution < 1.29 is 19.0 Å². The molecule has 2 aromatic carbocycles.